The number of amides is 1. The Morgan fingerprint density at radius 3 is 2.44 bits per heavy atom. The summed E-state index contributed by atoms with van der Waals surface area (Å²) in [7, 11) is 1.59. The molecule has 0 aliphatic heterocycles. The van der Waals surface area contributed by atoms with E-state index in [2.05, 4.69) is 5.32 Å². The molecule has 2 aromatic rings. The molecule has 0 heterocycles. The van der Waals surface area contributed by atoms with Gasteiger partial charge in [0.1, 0.15) is 17.3 Å². The molecule has 1 N–H and O–H groups in total. The highest BCUT2D eigenvalue weighted by atomic mass is 19.1. The number of ether oxygens (including phenoxy) is 3. The Morgan fingerprint density at radius 1 is 1.04 bits per heavy atom. The molecule has 1 amide bonds. The minimum atomic E-state index is -0.491. The molecule has 0 fully saturated rings. The zero-order chi connectivity index (χ0) is 19.5. The highest BCUT2D eigenvalue weighted by molar-refractivity contribution is 5.80. The van der Waals surface area contributed by atoms with Crippen molar-refractivity contribution >= 4 is 11.9 Å². The van der Waals surface area contributed by atoms with Crippen LogP contribution in [-0.2, 0) is 20.9 Å². The molecule has 2 rings (SSSR count). The fraction of sp³-hybridized carbons (Fsp3) is 0.300. The number of nitrogens with one attached hydrogen (secondary N) is 1. The maximum Gasteiger partial charge on any atom is 0.306 e. The lowest BCUT2D eigenvalue weighted by atomic mass is 10.2. The maximum absolute atomic E-state index is 13.4. The van der Waals surface area contributed by atoms with E-state index in [1.165, 1.54) is 6.07 Å². The Bertz CT molecular complexity index is 748. The third-order valence-corrected chi connectivity index (χ3v) is 3.65. The molecule has 7 heteroatoms. The van der Waals surface area contributed by atoms with Crippen LogP contribution >= 0.6 is 0 Å². The Hall–Kier alpha value is -3.09. The fourth-order valence-corrected chi connectivity index (χ4v) is 2.18. The van der Waals surface area contributed by atoms with E-state index in [1.54, 1.807) is 49.6 Å². The molecule has 0 aromatic heterocycles. The first-order valence-electron chi connectivity index (χ1n) is 8.51. The van der Waals surface area contributed by atoms with Crippen molar-refractivity contribution in [1.29, 1.82) is 0 Å². The number of carbonyl (C=O) groups is 2. The van der Waals surface area contributed by atoms with Gasteiger partial charge in [-0.05, 0) is 36.8 Å². The van der Waals surface area contributed by atoms with Crippen molar-refractivity contribution in [1.82, 2.24) is 5.32 Å². The molecule has 0 saturated carbocycles. The number of methoxy groups -OCH3 is 1. The predicted molar refractivity (Wildman–Crippen MR) is 96.9 cm³/mol. The summed E-state index contributed by atoms with van der Waals surface area (Å²) in [4.78, 5) is 23.3. The third kappa shape index (κ3) is 7.35. The lowest BCUT2D eigenvalue weighted by molar-refractivity contribution is -0.148. The van der Waals surface area contributed by atoms with Gasteiger partial charge in [-0.1, -0.05) is 18.2 Å². The normalized spacial score (nSPS) is 10.1. The van der Waals surface area contributed by atoms with Crippen LogP contribution < -0.4 is 14.8 Å². The average molecular weight is 375 g/mol. The van der Waals surface area contributed by atoms with E-state index in [4.69, 9.17) is 14.2 Å². The smallest absolute Gasteiger partial charge is 0.306 e. The van der Waals surface area contributed by atoms with Gasteiger partial charge in [-0.25, -0.2) is 4.39 Å². The Balaban J connectivity index is 1.57. The summed E-state index contributed by atoms with van der Waals surface area (Å²) in [5.74, 6) is 0.0398. The summed E-state index contributed by atoms with van der Waals surface area (Å²) in [6.07, 6.45) is 0.596. The minimum Gasteiger partial charge on any atom is -0.497 e. The Labute approximate surface area is 157 Å². The van der Waals surface area contributed by atoms with Gasteiger partial charge < -0.3 is 19.5 Å². The van der Waals surface area contributed by atoms with Crippen LogP contribution in [-0.4, -0.2) is 32.2 Å². The monoisotopic (exact) mass is 375 g/mol. The van der Waals surface area contributed by atoms with Crippen LogP contribution in [0.1, 0.15) is 18.4 Å². The van der Waals surface area contributed by atoms with Gasteiger partial charge in [0.25, 0.3) is 5.91 Å². The molecule has 2 aromatic carbocycles. The van der Waals surface area contributed by atoms with Gasteiger partial charge >= 0.3 is 5.97 Å². The molecule has 0 spiro atoms. The number of hydrogen-bond acceptors (Lipinski definition) is 5. The summed E-state index contributed by atoms with van der Waals surface area (Å²) in [5.41, 5.74) is 0.368. The van der Waals surface area contributed by atoms with Crippen LogP contribution in [0.3, 0.4) is 0 Å². The zero-order valence-electron chi connectivity index (χ0n) is 15.1. The number of hydrogen-bond donors (Lipinski definition) is 1. The van der Waals surface area contributed by atoms with Gasteiger partial charge in [0.05, 0.1) is 13.7 Å². The van der Waals surface area contributed by atoms with Crippen LogP contribution in [0.25, 0.3) is 0 Å². The van der Waals surface area contributed by atoms with Crippen molar-refractivity contribution in [2.45, 2.75) is 19.4 Å². The Morgan fingerprint density at radius 2 is 1.74 bits per heavy atom. The molecular formula is C20H22FNO5. The lowest BCUT2D eigenvalue weighted by Gasteiger charge is -2.08. The second-order valence-corrected chi connectivity index (χ2v) is 5.66. The maximum atomic E-state index is 13.4. The second-order valence-electron chi connectivity index (χ2n) is 5.66. The van der Waals surface area contributed by atoms with Gasteiger partial charge in [-0.15, -0.1) is 0 Å². The van der Waals surface area contributed by atoms with Crippen molar-refractivity contribution in [3.8, 4) is 11.5 Å². The van der Waals surface area contributed by atoms with E-state index in [0.717, 1.165) is 5.75 Å². The van der Waals surface area contributed by atoms with Gasteiger partial charge in [0.15, 0.2) is 6.61 Å². The summed E-state index contributed by atoms with van der Waals surface area (Å²) in [6, 6.07) is 13.3. The first kappa shape index (κ1) is 20.2. The first-order valence-corrected chi connectivity index (χ1v) is 8.51. The van der Waals surface area contributed by atoms with Crippen molar-refractivity contribution < 1.29 is 28.2 Å². The number of carbonyl (C=O) groups excluding carboxylic acids is 2. The fourth-order valence-electron chi connectivity index (χ4n) is 2.18. The van der Waals surface area contributed by atoms with Crippen molar-refractivity contribution in [2.75, 3.05) is 20.3 Å². The molecule has 0 bridgehead atoms. The van der Waals surface area contributed by atoms with Crippen molar-refractivity contribution in [3.63, 3.8) is 0 Å². The van der Waals surface area contributed by atoms with E-state index < -0.39 is 24.3 Å². The van der Waals surface area contributed by atoms with E-state index >= 15 is 0 Å². The van der Waals surface area contributed by atoms with Crippen LogP contribution in [0.5, 0.6) is 11.5 Å². The number of halogens is 1. The van der Waals surface area contributed by atoms with E-state index in [-0.39, 0.29) is 13.0 Å². The van der Waals surface area contributed by atoms with Crippen molar-refractivity contribution in [3.05, 3.63) is 59.9 Å². The average Bonchev–Trinajstić information content (AvgIpc) is 2.69. The van der Waals surface area contributed by atoms with Crippen LogP contribution in [0.2, 0.25) is 0 Å². The van der Waals surface area contributed by atoms with Gasteiger partial charge in [0, 0.05) is 18.5 Å². The van der Waals surface area contributed by atoms with Gasteiger partial charge in [0.2, 0.25) is 0 Å². The largest absolute Gasteiger partial charge is 0.497 e. The van der Waals surface area contributed by atoms with Crippen LogP contribution in [0.15, 0.2) is 48.5 Å². The first-order chi connectivity index (χ1) is 13.1. The summed E-state index contributed by atoms with van der Waals surface area (Å²) < 4.78 is 28.9. The molecule has 0 aliphatic rings. The van der Waals surface area contributed by atoms with Crippen molar-refractivity contribution in [2.24, 2.45) is 0 Å². The van der Waals surface area contributed by atoms with Gasteiger partial charge in [-0.3, -0.25) is 9.59 Å². The third-order valence-electron chi connectivity index (χ3n) is 3.65. The summed E-state index contributed by atoms with van der Waals surface area (Å²) in [5, 5.41) is 2.50. The highest BCUT2D eigenvalue weighted by Crippen LogP contribution is 2.17. The SMILES string of the molecule is COc1ccc(OCCCC(=O)OCC(=O)NCc2ccccc2F)cc1. The topological polar surface area (TPSA) is 73.9 Å². The molecule has 0 atom stereocenters. The second kappa shape index (κ2) is 10.8. The molecular weight excluding hydrogens is 353 g/mol. The number of rotatable bonds is 10. The molecule has 0 unspecified atom stereocenters. The standard InChI is InChI=1S/C20H22FNO5/c1-25-16-8-10-17(11-9-16)26-12-4-7-20(24)27-14-19(23)22-13-15-5-2-3-6-18(15)21/h2-3,5-6,8-11H,4,7,12-14H2,1H3,(H,22,23). The number of benzene rings is 2. The molecule has 27 heavy (non-hydrogen) atoms. The summed E-state index contributed by atoms with van der Waals surface area (Å²) in [6.45, 7) is -0.00765. The van der Waals surface area contributed by atoms with Crippen LogP contribution in [0, 0.1) is 5.82 Å². The van der Waals surface area contributed by atoms with E-state index in [1.807, 2.05) is 0 Å². The predicted octanol–water partition coefficient (Wildman–Crippen LogP) is 2.85. The minimum absolute atomic E-state index is 0.0404. The molecule has 144 valence electrons. The highest BCUT2D eigenvalue weighted by Gasteiger charge is 2.09. The lowest BCUT2D eigenvalue weighted by Crippen LogP contribution is -2.28. The molecule has 0 radical (unpaired) electrons. The van der Waals surface area contributed by atoms with E-state index in [0.29, 0.717) is 24.3 Å². The quantitative estimate of drug-likeness (QED) is 0.511. The Kier molecular flexibility index (Phi) is 8.09. The number of esters is 1. The molecule has 0 aliphatic carbocycles. The molecule has 6 nitrogen and oxygen atoms in total. The van der Waals surface area contributed by atoms with E-state index in [9.17, 15) is 14.0 Å². The zero-order valence-corrected chi connectivity index (χ0v) is 15.1. The van der Waals surface area contributed by atoms with Crippen LogP contribution in [0.4, 0.5) is 4.39 Å². The van der Waals surface area contributed by atoms with Gasteiger partial charge in [-0.2, -0.15) is 0 Å². The molecule has 0 saturated heterocycles. The summed E-state index contributed by atoms with van der Waals surface area (Å²) >= 11 is 0.